The molecule has 2 aromatic rings. The van der Waals surface area contributed by atoms with Crippen molar-refractivity contribution in [2.24, 2.45) is 0 Å². The summed E-state index contributed by atoms with van der Waals surface area (Å²) in [5, 5.41) is 12.8. The van der Waals surface area contributed by atoms with Crippen LogP contribution < -0.4 is 5.32 Å². The molecule has 0 aliphatic heterocycles. The molecule has 0 aromatic carbocycles. The van der Waals surface area contributed by atoms with Crippen molar-refractivity contribution in [1.82, 2.24) is 24.7 Å². The maximum Gasteiger partial charge on any atom is 0.0892 e. The van der Waals surface area contributed by atoms with E-state index >= 15 is 0 Å². The van der Waals surface area contributed by atoms with E-state index in [-0.39, 0.29) is 6.04 Å². The first-order valence-corrected chi connectivity index (χ1v) is 8.13. The van der Waals surface area contributed by atoms with Gasteiger partial charge in [-0.1, -0.05) is 36.9 Å². The number of halogens is 1. The molecule has 2 aromatic heterocycles. The first-order chi connectivity index (χ1) is 9.72. The molecule has 1 N–H and O–H groups in total. The average molecular weight is 314 g/mol. The van der Waals surface area contributed by atoms with Gasteiger partial charge in [0.15, 0.2) is 0 Å². The summed E-state index contributed by atoms with van der Waals surface area (Å²) in [6.45, 7) is 8.01. The highest BCUT2D eigenvalue weighted by molar-refractivity contribution is 7.05. The van der Waals surface area contributed by atoms with Gasteiger partial charge in [-0.3, -0.25) is 4.68 Å². The molecule has 0 aliphatic rings. The molecule has 0 saturated heterocycles. The van der Waals surface area contributed by atoms with Crippen molar-refractivity contribution in [2.45, 2.75) is 46.2 Å². The van der Waals surface area contributed by atoms with E-state index in [0.29, 0.717) is 5.02 Å². The van der Waals surface area contributed by atoms with Crippen molar-refractivity contribution in [3.63, 3.8) is 0 Å². The number of aryl methyl sites for hydroxylation is 2. The summed E-state index contributed by atoms with van der Waals surface area (Å²) in [6.07, 6.45) is 3.61. The molecular weight excluding hydrogens is 294 g/mol. The van der Waals surface area contributed by atoms with E-state index < -0.39 is 0 Å². The summed E-state index contributed by atoms with van der Waals surface area (Å²) in [6, 6.07) is 0.0106. The quantitative estimate of drug-likeness (QED) is 0.853. The van der Waals surface area contributed by atoms with Crippen LogP contribution in [-0.2, 0) is 13.0 Å². The van der Waals surface area contributed by atoms with Gasteiger partial charge in [0.2, 0.25) is 0 Å². The summed E-state index contributed by atoms with van der Waals surface area (Å²) in [5.74, 6) is 0. The molecule has 0 bridgehead atoms. The zero-order valence-corrected chi connectivity index (χ0v) is 13.6. The zero-order valence-electron chi connectivity index (χ0n) is 12.1. The first kappa shape index (κ1) is 15.4. The molecular formula is C13H20ClN5S. The zero-order chi connectivity index (χ0) is 14.5. The van der Waals surface area contributed by atoms with Crippen LogP contribution in [0.1, 0.15) is 49.5 Å². The van der Waals surface area contributed by atoms with E-state index in [9.17, 15) is 0 Å². The van der Waals surface area contributed by atoms with Gasteiger partial charge >= 0.3 is 0 Å². The fourth-order valence-electron chi connectivity index (χ4n) is 2.25. The number of nitrogens with one attached hydrogen (secondary N) is 1. The Hall–Kier alpha value is -0.980. The smallest absolute Gasteiger partial charge is 0.0892 e. The molecule has 0 fully saturated rings. The molecule has 1 unspecified atom stereocenters. The molecule has 0 spiro atoms. The van der Waals surface area contributed by atoms with Gasteiger partial charge in [-0.05, 0) is 30.9 Å². The molecule has 0 aliphatic carbocycles. The highest BCUT2D eigenvalue weighted by Gasteiger charge is 2.25. The molecule has 110 valence electrons. The van der Waals surface area contributed by atoms with Crippen LogP contribution in [0.4, 0.5) is 0 Å². The fraction of sp³-hybridized carbons (Fsp3) is 0.615. The molecule has 2 heterocycles. The normalized spacial score (nSPS) is 12.8. The van der Waals surface area contributed by atoms with Crippen molar-refractivity contribution in [2.75, 3.05) is 6.54 Å². The van der Waals surface area contributed by atoms with Crippen molar-refractivity contribution in [1.29, 1.82) is 0 Å². The Bertz CT molecular complexity index is 551. The van der Waals surface area contributed by atoms with Gasteiger partial charge in [0, 0.05) is 6.54 Å². The van der Waals surface area contributed by atoms with Crippen LogP contribution in [0.15, 0.2) is 6.20 Å². The lowest BCUT2D eigenvalue weighted by atomic mass is 10.1. The fourth-order valence-corrected chi connectivity index (χ4v) is 3.32. The topological polar surface area (TPSA) is 55.6 Å². The van der Waals surface area contributed by atoms with E-state index in [0.717, 1.165) is 42.2 Å². The molecule has 0 amide bonds. The number of nitrogens with zero attached hydrogens (tertiary/aromatic N) is 4. The predicted octanol–water partition coefficient (Wildman–Crippen LogP) is 3.06. The molecule has 0 radical (unpaired) electrons. The van der Waals surface area contributed by atoms with Crippen LogP contribution in [0.5, 0.6) is 0 Å². The van der Waals surface area contributed by atoms with Crippen molar-refractivity contribution in [3.8, 4) is 0 Å². The molecule has 5 nitrogen and oxygen atoms in total. The molecule has 0 saturated carbocycles. The van der Waals surface area contributed by atoms with E-state index in [4.69, 9.17) is 11.6 Å². The monoisotopic (exact) mass is 313 g/mol. The van der Waals surface area contributed by atoms with Gasteiger partial charge < -0.3 is 5.32 Å². The molecule has 2 rings (SSSR count). The predicted molar refractivity (Wildman–Crippen MR) is 82.3 cm³/mol. The summed E-state index contributed by atoms with van der Waals surface area (Å²) < 4.78 is 6.07. The van der Waals surface area contributed by atoms with Gasteiger partial charge in [-0.15, -0.1) is 5.10 Å². The van der Waals surface area contributed by atoms with Gasteiger partial charge in [-0.25, -0.2) is 0 Å². The summed E-state index contributed by atoms with van der Waals surface area (Å²) in [7, 11) is 0. The number of hydrogen-bond donors (Lipinski definition) is 1. The Morgan fingerprint density at radius 3 is 2.85 bits per heavy atom. The second kappa shape index (κ2) is 7.15. The van der Waals surface area contributed by atoms with Crippen LogP contribution >= 0.6 is 23.1 Å². The standard InChI is InChI=1S/C13H20ClN5S/c1-4-7-19-12(9(14)8-16-19)11(15-6-3)13-10(5-2)17-18-20-13/h8,11,15H,4-7H2,1-3H3. The second-order valence-electron chi connectivity index (χ2n) is 4.53. The van der Waals surface area contributed by atoms with Crippen LogP contribution in [0, 0.1) is 0 Å². The minimum atomic E-state index is 0.0106. The van der Waals surface area contributed by atoms with Crippen LogP contribution in [-0.4, -0.2) is 25.9 Å². The van der Waals surface area contributed by atoms with E-state index in [2.05, 4.69) is 40.8 Å². The Balaban J connectivity index is 2.45. The average Bonchev–Trinajstić information content (AvgIpc) is 3.04. The largest absolute Gasteiger partial charge is 0.304 e. The first-order valence-electron chi connectivity index (χ1n) is 6.98. The SMILES string of the molecule is CCCn1ncc(Cl)c1C(NCC)c1snnc1CC. The lowest BCUT2D eigenvalue weighted by Gasteiger charge is -2.19. The van der Waals surface area contributed by atoms with E-state index in [1.54, 1.807) is 6.20 Å². The van der Waals surface area contributed by atoms with Crippen molar-refractivity contribution in [3.05, 3.63) is 27.5 Å². The second-order valence-corrected chi connectivity index (χ2v) is 5.72. The lowest BCUT2D eigenvalue weighted by molar-refractivity contribution is 0.522. The molecule has 1 atom stereocenters. The van der Waals surface area contributed by atoms with Crippen molar-refractivity contribution < 1.29 is 0 Å². The van der Waals surface area contributed by atoms with E-state index in [1.807, 2.05) is 4.68 Å². The highest BCUT2D eigenvalue weighted by Crippen LogP contribution is 2.32. The molecule has 7 heteroatoms. The minimum Gasteiger partial charge on any atom is -0.304 e. The van der Waals surface area contributed by atoms with Crippen LogP contribution in [0.2, 0.25) is 5.02 Å². The van der Waals surface area contributed by atoms with Crippen LogP contribution in [0.3, 0.4) is 0 Å². The summed E-state index contributed by atoms with van der Waals surface area (Å²) >= 11 is 7.80. The molecule has 20 heavy (non-hydrogen) atoms. The third kappa shape index (κ3) is 3.02. The van der Waals surface area contributed by atoms with E-state index in [1.165, 1.54) is 11.5 Å². The Morgan fingerprint density at radius 1 is 1.40 bits per heavy atom. The minimum absolute atomic E-state index is 0.0106. The number of aromatic nitrogens is 4. The summed E-state index contributed by atoms with van der Waals surface area (Å²) in [4.78, 5) is 1.13. The third-order valence-electron chi connectivity index (χ3n) is 3.13. The Labute approximate surface area is 128 Å². The van der Waals surface area contributed by atoms with Gasteiger partial charge in [0.05, 0.1) is 33.5 Å². The van der Waals surface area contributed by atoms with Crippen LogP contribution in [0.25, 0.3) is 0 Å². The van der Waals surface area contributed by atoms with Gasteiger partial charge in [0.1, 0.15) is 0 Å². The lowest BCUT2D eigenvalue weighted by Crippen LogP contribution is -2.25. The Kier molecular flexibility index (Phi) is 5.51. The number of hydrogen-bond acceptors (Lipinski definition) is 5. The maximum absolute atomic E-state index is 6.36. The Morgan fingerprint density at radius 2 is 2.20 bits per heavy atom. The van der Waals surface area contributed by atoms with Gasteiger partial charge in [-0.2, -0.15) is 5.10 Å². The highest BCUT2D eigenvalue weighted by atomic mass is 35.5. The number of rotatable bonds is 7. The van der Waals surface area contributed by atoms with Gasteiger partial charge in [0.25, 0.3) is 0 Å². The maximum atomic E-state index is 6.36. The summed E-state index contributed by atoms with van der Waals surface area (Å²) in [5.41, 5.74) is 2.04. The third-order valence-corrected chi connectivity index (χ3v) is 4.26. The van der Waals surface area contributed by atoms with Crippen molar-refractivity contribution >= 4 is 23.1 Å².